The first-order chi connectivity index (χ1) is 14.2. The maximum Gasteiger partial charge on any atom is 0.402 e. The van der Waals surface area contributed by atoms with E-state index in [1.165, 1.54) is 9.80 Å². The molecule has 3 amide bonds. The van der Waals surface area contributed by atoms with E-state index in [0.717, 1.165) is 28.3 Å². The van der Waals surface area contributed by atoms with Gasteiger partial charge < -0.3 is 4.74 Å². The summed E-state index contributed by atoms with van der Waals surface area (Å²) in [5, 5.41) is 0. The molecule has 0 N–H and O–H groups in total. The lowest BCUT2D eigenvalue weighted by molar-refractivity contribution is -0.680. The lowest BCUT2D eigenvalue weighted by Crippen LogP contribution is -2.58. The van der Waals surface area contributed by atoms with Crippen LogP contribution in [0.5, 0.6) is 5.75 Å². The highest BCUT2D eigenvalue weighted by Gasteiger charge is 2.54. The number of benzene rings is 1. The van der Waals surface area contributed by atoms with Crippen molar-refractivity contribution in [2.75, 3.05) is 20.7 Å². The molecule has 2 aliphatic rings. The highest BCUT2D eigenvalue weighted by Crippen LogP contribution is 2.35. The van der Waals surface area contributed by atoms with Crippen LogP contribution in [0.25, 0.3) is 0 Å². The van der Waals surface area contributed by atoms with Crippen molar-refractivity contribution in [3.05, 3.63) is 53.4 Å². The van der Waals surface area contributed by atoms with Gasteiger partial charge in [-0.25, -0.2) is 13.9 Å². The summed E-state index contributed by atoms with van der Waals surface area (Å²) in [6, 6.07) is 6.85. The van der Waals surface area contributed by atoms with Gasteiger partial charge in [-0.15, -0.1) is 0 Å². The van der Waals surface area contributed by atoms with Crippen molar-refractivity contribution in [1.29, 1.82) is 0 Å². The Labute approximate surface area is 175 Å². The van der Waals surface area contributed by atoms with Crippen LogP contribution >= 0.6 is 0 Å². The zero-order valence-electron chi connectivity index (χ0n) is 18.0. The maximum absolute atomic E-state index is 13.3. The lowest BCUT2D eigenvalue weighted by Gasteiger charge is -2.33. The molecular weight excluding hydrogens is 382 g/mol. The van der Waals surface area contributed by atoms with Crippen LogP contribution in [0.1, 0.15) is 29.9 Å². The summed E-state index contributed by atoms with van der Waals surface area (Å²) in [6.07, 6.45) is 0. The molecule has 1 fully saturated rings. The van der Waals surface area contributed by atoms with Crippen molar-refractivity contribution < 1.29 is 18.9 Å². The van der Waals surface area contributed by atoms with Gasteiger partial charge in [-0.2, -0.15) is 0 Å². The number of methoxy groups -OCH3 is 1. The molecule has 8 nitrogen and oxygen atoms in total. The van der Waals surface area contributed by atoms with E-state index in [1.54, 1.807) is 21.1 Å². The Morgan fingerprint density at radius 1 is 1.23 bits per heavy atom. The number of urea groups is 1. The number of hydrogen-bond acceptors (Lipinski definition) is 4. The molecule has 2 aliphatic heterocycles. The number of likely N-dealkylation sites (N-methyl/N-ethyl adjacent to an activating group) is 1. The van der Waals surface area contributed by atoms with Crippen molar-refractivity contribution in [3.63, 3.8) is 0 Å². The van der Waals surface area contributed by atoms with Gasteiger partial charge in [0.2, 0.25) is 11.9 Å². The third-order valence-electron chi connectivity index (χ3n) is 5.75. The van der Waals surface area contributed by atoms with Crippen LogP contribution in [-0.4, -0.2) is 52.8 Å². The standard InChI is InChI=1S/C22H26N5O3/c1-13(2)11-26-20(28)18-19(24(5)22(26)29)23-21-25(14(3)15(4)27(18)21)12-16-7-9-17(30-6)10-8-16/h7-10,18H,1,11-12H2,2-6H3/q+1. The Kier molecular flexibility index (Phi) is 4.72. The van der Waals surface area contributed by atoms with Gasteiger partial charge in [-0.1, -0.05) is 29.3 Å². The second kappa shape index (κ2) is 7.12. The fourth-order valence-corrected chi connectivity index (χ4v) is 4.02. The van der Waals surface area contributed by atoms with E-state index >= 15 is 0 Å². The summed E-state index contributed by atoms with van der Waals surface area (Å²) >= 11 is 0. The third kappa shape index (κ3) is 2.91. The summed E-state index contributed by atoms with van der Waals surface area (Å²) in [5.41, 5.74) is 3.82. The van der Waals surface area contributed by atoms with Gasteiger partial charge in [-0.3, -0.25) is 14.6 Å². The molecule has 1 saturated heterocycles. The molecule has 4 rings (SSSR count). The van der Waals surface area contributed by atoms with Gasteiger partial charge in [0.15, 0.2) is 0 Å². The van der Waals surface area contributed by atoms with E-state index in [9.17, 15) is 9.59 Å². The molecule has 1 aromatic heterocycles. The van der Waals surface area contributed by atoms with E-state index in [4.69, 9.17) is 9.73 Å². The van der Waals surface area contributed by atoms with Gasteiger partial charge in [0.25, 0.3) is 5.91 Å². The number of imide groups is 1. The minimum Gasteiger partial charge on any atom is -0.497 e. The monoisotopic (exact) mass is 408 g/mol. The van der Waals surface area contributed by atoms with Crippen LogP contribution in [0.4, 0.5) is 10.7 Å². The predicted octanol–water partition coefficient (Wildman–Crippen LogP) is 2.50. The van der Waals surface area contributed by atoms with Gasteiger partial charge in [0.1, 0.15) is 17.1 Å². The molecule has 3 heterocycles. The first-order valence-electron chi connectivity index (χ1n) is 9.80. The van der Waals surface area contributed by atoms with Crippen LogP contribution in [0.15, 0.2) is 41.4 Å². The number of aliphatic imine (C=N–C) groups is 1. The van der Waals surface area contributed by atoms with Crippen LogP contribution in [0, 0.1) is 13.8 Å². The van der Waals surface area contributed by atoms with E-state index in [1.807, 2.05) is 42.7 Å². The average Bonchev–Trinajstić information content (AvgIpc) is 3.22. The van der Waals surface area contributed by atoms with E-state index in [-0.39, 0.29) is 18.5 Å². The second-order valence-electron chi connectivity index (χ2n) is 7.87. The molecule has 0 bridgehead atoms. The molecule has 8 heteroatoms. The van der Waals surface area contributed by atoms with Crippen molar-refractivity contribution in [2.45, 2.75) is 33.4 Å². The van der Waals surface area contributed by atoms with E-state index < -0.39 is 6.04 Å². The summed E-state index contributed by atoms with van der Waals surface area (Å²) in [7, 11) is 3.30. The number of fused-ring (bicyclic) bond motifs is 3. The predicted molar refractivity (Wildman–Crippen MR) is 112 cm³/mol. The SMILES string of the molecule is C=C(C)CN1C(=O)C2C(=Nc3n2c(C)c(C)[n+]3Cc2ccc(OC)cc2)N(C)C1=O. The zero-order valence-corrected chi connectivity index (χ0v) is 18.0. The number of carbonyl (C=O) groups is 2. The Morgan fingerprint density at radius 3 is 2.50 bits per heavy atom. The molecule has 1 aromatic carbocycles. The van der Waals surface area contributed by atoms with Crippen LogP contribution in [-0.2, 0) is 11.3 Å². The maximum atomic E-state index is 13.3. The summed E-state index contributed by atoms with van der Waals surface area (Å²) in [4.78, 5) is 33.5. The molecule has 0 aliphatic carbocycles. The number of imidazole rings is 1. The number of amidine groups is 1. The fraction of sp³-hybridized carbons (Fsp3) is 0.364. The summed E-state index contributed by atoms with van der Waals surface area (Å²) < 4.78 is 9.25. The number of aromatic nitrogens is 2. The quantitative estimate of drug-likeness (QED) is 0.564. The van der Waals surface area contributed by atoms with Crippen molar-refractivity contribution in [3.8, 4) is 5.75 Å². The number of amides is 3. The topological polar surface area (TPSA) is 71.0 Å². The van der Waals surface area contributed by atoms with Gasteiger partial charge >= 0.3 is 12.0 Å². The van der Waals surface area contributed by atoms with Crippen molar-refractivity contribution in [1.82, 2.24) is 14.4 Å². The first kappa shape index (κ1) is 19.9. The molecule has 1 atom stereocenters. The number of hydrogen-bond donors (Lipinski definition) is 0. The Morgan fingerprint density at radius 2 is 1.90 bits per heavy atom. The molecule has 0 radical (unpaired) electrons. The van der Waals surface area contributed by atoms with E-state index in [2.05, 4.69) is 11.1 Å². The largest absolute Gasteiger partial charge is 0.497 e. The number of ether oxygens (including phenoxy) is 1. The van der Waals surface area contributed by atoms with Crippen molar-refractivity contribution in [2.24, 2.45) is 4.99 Å². The molecule has 0 saturated carbocycles. The molecule has 0 spiro atoms. The van der Waals surface area contributed by atoms with E-state index in [0.29, 0.717) is 18.3 Å². The Bertz CT molecular complexity index is 1100. The minimum atomic E-state index is -0.641. The van der Waals surface area contributed by atoms with Gasteiger partial charge in [0, 0.05) is 7.05 Å². The lowest BCUT2D eigenvalue weighted by atomic mass is 10.1. The Hall–Kier alpha value is -3.42. The highest BCUT2D eigenvalue weighted by molar-refractivity contribution is 6.20. The summed E-state index contributed by atoms with van der Waals surface area (Å²) in [5.74, 6) is 1.66. The number of rotatable bonds is 5. The molecular formula is C22H26N5O3+. The highest BCUT2D eigenvalue weighted by atomic mass is 16.5. The molecule has 156 valence electrons. The third-order valence-corrected chi connectivity index (χ3v) is 5.75. The smallest absolute Gasteiger partial charge is 0.402 e. The fourth-order valence-electron chi connectivity index (χ4n) is 4.02. The number of nitrogens with zero attached hydrogens (tertiary/aromatic N) is 5. The van der Waals surface area contributed by atoms with Crippen molar-refractivity contribution >= 4 is 23.7 Å². The van der Waals surface area contributed by atoms with Gasteiger partial charge in [-0.05, 0) is 38.5 Å². The molecule has 1 unspecified atom stereocenters. The summed E-state index contributed by atoms with van der Waals surface area (Å²) in [6.45, 7) is 10.5. The normalized spacial score (nSPS) is 17.8. The second-order valence-corrected chi connectivity index (χ2v) is 7.87. The number of carbonyl (C=O) groups excluding carboxylic acids is 2. The molecule has 2 aromatic rings. The minimum absolute atomic E-state index is 0.201. The zero-order chi connectivity index (χ0) is 21.7. The first-order valence-corrected chi connectivity index (χ1v) is 9.80. The van der Waals surface area contributed by atoms with Crippen LogP contribution in [0.3, 0.4) is 0 Å². The van der Waals surface area contributed by atoms with Crippen LogP contribution < -0.4 is 9.30 Å². The Balaban J connectivity index is 1.77. The average molecular weight is 408 g/mol. The van der Waals surface area contributed by atoms with Crippen LogP contribution in [0.2, 0.25) is 0 Å². The molecule has 30 heavy (non-hydrogen) atoms. The van der Waals surface area contributed by atoms with Gasteiger partial charge in [0.05, 0.1) is 20.2 Å².